The van der Waals surface area contributed by atoms with Crippen LogP contribution in [0.25, 0.3) is 0 Å². The van der Waals surface area contributed by atoms with Crippen LogP contribution in [-0.2, 0) is 4.74 Å². The van der Waals surface area contributed by atoms with Crippen LogP contribution in [0.15, 0.2) is 24.3 Å². The highest BCUT2D eigenvalue weighted by Crippen LogP contribution is 2.40. The van der Waals surface area contributed by atoms with Crippen LogP contribution in [0.5, 0.6) is 5.75 Å². The van der Waals surface area contributed by atoms with E-state index in [1.54, 1.807) is 0 Å². The van der Waals surface area contributed by atoms with Gasteiger partial charge in [-0.3, -0.25) is 0 Å². The molecule has 0 aromatic heterocycles. The maximum absolute atomic E-state index is 12.0. The smallest absolute Gasteiger partial charge is 0.387 e. The molecular weight excluding hydrogens is 256 g/mol. The van der Waals surface area contributed by atoms with Gasteiger partial charge in [-0.15, -0.1) is 0 Å². The molecule has 19 heavy (non-hydrogen) atoms. The first-order chi connectivity index (χ1) is 9.07. The Hall–Kier alpha value is -1.71. The van der Waals surface area contributed by atoms with E-state index in [4.69, 9.17) is 4.74 Å². The molecule has 1 N–H and O–H groups in total. The first kappa shape index (κ1) is 13.7. The summed E-state index contributed by atoms with van der Waals surface area (Å²) in [5, 5.41) is 19.5. The minimum absolute atomic E-state index is 0.0135. The Morgan fingerprint density at radius 2 is 2.05 bits per heavy atom. The molecule has 2 rings (SSSR count). The summed E-state index contributed by atoms with van der Waals surface area (Å²) >= 11 is 0. The SMILES string of the molecule is N#CC1(C(O)c2ccc(OC(F)F)cc2)CCOC1. The number of aliphatic hydroxyl groups is 1. The molecule has 102 valence electrons. The van der Waals surface area contributed by atoms with Crippen molar-refractivity contribution in [1.29, 1.82) is 5.26 Å². The molecule has 0 bridgehead atoms. The van der Waals surface area contributed by atoms with Crippen LogP contribution in [-0.4, -0.2) is 24.9 Å². The normalized spacial score (nSPS) is 24.2. The number of nitriles is 1. The summed E-state index contributed by atoms with van der Waals surface area (Å²) in [4.78, 5) is 0. The first-order valence-electron chi connectivity index (χ1n) is 5.79. The Labute approximate surface area is 109 Å². The largest absolute Gasteiger partial charge is 0.435 e. The van der Waals surface area contributed by atoms with Gasteiger partial charge in [0, 0.05) is 6.61 Å². The van der Waals surface area contributed by atoms with Gasteiger partial charge in [-0.25, -0.2) is 0 Å². The highest BCUT2D eigenvalue weighted by molar-refractivity contribution is 5.31. The minimum atomic E-state index is -2.88. The average molecular weight is 269 g/mol. The Bertz CT molecular complexity index is 464. The number of nitrogens with zero attached hydrogens (tertiary/aromatic N) is 1. The van der Waals surface area contributed by atoms with Gasteiger partial charge in [0.2, 0.25) is 0 Å². The molecule has 1 fully saturated rings. The van der Waals surface area contributed by atoms with Crippen molar-refractivity contribution in [3.05, 3.63) is 29.8 Å². The highest BCUT2D eigenvalue weighted by atomic mass is 19.3. The maximum atomic E-state index is 12.0. The third kappa shape index (κ3) is 2.83. The molecule has 0 radical (unpaired) electrons. The number of aliphatic hydroxyl groups excluding tert-OH is 1. The van der Waals surface area contributed by atoms with Crippen LogP contribution < -0.4 is 4.74 Å². The van der Waals surface area contributed by atoms with Gasteiger partial charge in [0.1, 0.15) is 11.2 Å². The Morgan fingerprint density at radius 3 is 2.53 bits per heavy atom. The number of halogens is 2. The van der Waals surface area contributed by atoms with Crippen LogP contribution in [0.2, 0.25) is 0 Å². The number of hydrogen-bond acceptors (Lipinski definition) is 4. The standard InChI is InChI=1S/C13H13F2NO3/c14-12(15)19-10-3-1-9(2-4-10)11(17)13(7-16)5-6-18-8-13/h1-4,11-12,17H,5-6,8H2. The van der Waals surface area contributed by atoms with Crippen molar-refractivity contribution in [3.8, 4) is 11.8 Å². The van der Waals surface area contributed by atoms with E-state index in [9.17, 15) is 19.1 Å². The fourth-order valence-corrected chi connectivity index (χ4v) is 2.10. The molecule has 0 amide bonds. The van der Waals surface area contributed by atoms with Gasteiger partial charge in [0.25, 0.3) is 0 Å². The number of ether oxygens (including phenoxy) is 2. The van der Waals surface area contributed by atoms with Gasteiger partial charge in [-0.2, -0.15) is 14.0 Å². The number of rotatable bonds is 4. The number of alkyl halides is 2. The highest BCUT2D eigenvalue weighted by Gasteiger charge is 2.43. The first-order valence-corrected chi connectivity index (χ1v) is 5.79. The van der Waals surface area contributed by atoms with Crippen molar-refractivity contribution in [2.45, 2.75) is 19.1 Å². The molecule has 0 saturated carbocycles. The summed E-state index contributed by atoms with van der Waals surface area (Å²) in [6.45, 7) is -2.29. The van der Waals surface area contributed by atoms with Gasteiger partial charge in [0.15, 0.2) is 0 Å². The van der Waals surface area contributed by atoms with Crippen molar-refractivity contribution in [2.24, 2.45) is 5.41 Å². The zero-order valence-corrected chi connectivity index (χ0v) is 10.1. The van der Waals surface area contributed by atoms with Gasteiger partial charge < -0.3 is 14.6 Å². The van der Waals surface area contributed by atoms with Crippen LogP contribution in [0, 0.1) is 16.7 Å². The second-order valence-corrected chi connectivity index (χ2v) is 4.42. The van der Waals surface area contributed by atoms with E-state index in [-0.39, 0.29) is 12.4 Å². The Balaban J connectivity index is 2.15. The van der Waals surface area contributed by atoms with Crippen molar-refractivity contribution in [3.63, 3.8) is 0 Å². The maximum Gasteiger partial charge on any atom is 0.387 e. The van der Waals surface area contributed by atoms with E-state index in [0.29, 0.717) is 18.6 Å². The zero-order chi connectivity index (χ0) is 13.9. The fraction of sp³-hybridized carbons (Fsp3) is 0.462. The van der Waals surface area contributed by atoms with E-state index < -0.39 is 18.1 Å². The molecule has 0 spiro atoms. The molecule has 1 aliphatic heterocycles. The minimum Gasteiger partial charge on any atom is -0.435 e. The van der Waals surface area contributed by atoms with E-state index >= 15 is 0 Å². The summed E-state index contributed by atoms with van der Waals surface area (Å²) in [6, 6.07) is 7.72. The summed E-state index contributed by atoms with van der Waals surface area (Å²) in [5.74, 6) is 0.0135. The lowest BCUT2D eigenvalue weighted by atomic mass is 9.79. The molecule has 2 atom stereocenters. The molecule has 1 aliphatic rings. The third-order valence-electron chi connectivity index (χ3n) is 3.22. The lowest BCUT2D eigenvalue weighted by Crippen LogP contribution is -2.27. The third-order valence-corrected chi connectivity index (χ3v) is 3.22. The van der Waals surface area contributed by atoms with Gasteiger partial charge >= 0.3 is 6.61 Å². The van der Waals surface area contributed by atoms with E-state index in [1.807, 2.05) is 0 Å². The lowest BCUT2D eigenvalue weighted by molar-refractivity contribution is -0.0498. The van der Waals surface area contributed by atoms with Crippen LogP contribution >= 0.6 is 0 Å². The molecule has 0 aliphatic carbocycles. The molecule has 1 saturated heterocycles. The van der Waals surface area contributed by atoms with Crippen LogP contribution in [0.3, 0.4) is 0 Å². The molecule has 4 nitrogen and oxygen atoms in total. The van der Waals surface area contributed by atoms with Gasteiger partial charge in [-0.05, 0) is 24.1 Å². The summed E-state index contributed by atoms with van der Waals surface area (Å²) in [7, 11) is 0. The summed E-state index contributed by atoms with van der Waals surface area (Å²) < 4.78 is 33.4. The quantitative estimate of drug-likeness (QED) is 0.910. The van der Waals surface area contributed by atoms with E-state index in [2.05, 4.69) is 10.8 Å². The average Bonchev–Trinajstić information content (AvgIpc) is 2.88. The molecule has 1 aromatic carbocycles. The van der Waals surface area contributed by atoms with Crippen LogP contribution in [0.1, 0.15) is 18.1 Å². The van der Waals surface area contributed by atoms with E-state index in [0.717, 1.165) is 0 Å². The zero-order valence-electron chi connectivity index (χ0n) is 10.1. The van der Waals surface area contributed by atoms with Gasteiger partial charge in [-0.1, -0.05) is 12.1 Å². The molecule has 1 heterocycles. The molecule has 2 unspecified atom stereocenters. The van der Waals surface area contributed by atoms with Crippen molar-refractivity contribution >= 4 is 0 Å². The summed E-state index contributed by atoms with van der Waals surface area (Å²) in [6.07, 6.45) is -0.569. The Kier molecular flexibility index (Phi) is 3.98. The monoisotopic (exact) mass is 269 g/mol. The van der Waals surface area contributed by atoms with Crippen molar-refractivity contribution in [1.82, 2.24) is 0 Å². The summed E-state index contributed by atoms with van der Waals surface area (Å²) in [5.41, 5.74) is -0.487. The fourth-order valence-electron chi connectivity index (χ4n) is 2.10. The van der Waals surface area contributed by atoms with Gasteiger partial charge in [0.05, 0.1) is 18.8 Å². The second kappa shape index (κ2) is 5.51. The topological polar surface area (TPSA) is 62.5 Å². The van der Waals surface area contributed by atoms with Crippen LogP contribution in [0.4, 0.5) is 8.78 Å². The van der Waals surface area contributed by atoms with E-state index in [1.165, 1.54) is 24.3 Å². The molecule has 6 heteroatoms. The molecular formula is C13H13F2NO3. The predicted molar refractivity (Wildman–Crippen MR) is 61.5 cm³/mol. The predicted octanol–water partition coefficient (Wildman–Crippen LogP) is 2.25. The Morgan fingerprint density at radius 1 is 1.37 bits per heavy atom. The number of hydrogen-bond donors (Lipinski definition) is 1. The van der Waals surface area contributed by atoms with Crippen molar-refractivity contribution in [2.75, 3.05) is 13.2 Å². The number of benzene rings is 1. The lowest BCUT2D eigenvalue weighted by Gasteiger charge is -2.25. The molecule has 1 aromatic rings. The second-order valence-electron chi connectivity index (χ2n) is 4.42. The van der Waals surface area contributed by atoms with Crippen molar-refractivity contribution < 1.29 is 23.4 Å².